The number of fused-ring (bicyclic) bond motifs is 1. The van der Waals surface area contributed by atoms with Crippen LogP contribution in [0.25, 0.3) is 10.9 Å². The zero-order valence-electron chi connectivity index (χ0n) is 15.9. The molecule has 2 rings (SSSR count). The Morgan fingerprint density at radius 3 is 2.82 bits per heavy atom. The number of thioether (sulfide) groups is 1. The van der Waals surface area contributed by atoms with Crippen molar-refractivity contribution >= 4 is 34.5 Å². The summed E-state index contributed by atoms with van der Waals surface area (Å²) in [4.78, 5) is 40.8. The molecular formula is C20H23N3O4S. The SMILES string of the molecule is C#CCNC(=O)COC(=O)CSc1nc2ccccc2c(=O)n1CCC(C)C. The highest BCUT2D eigenvalue weighted by molar-refractivity contribution is 7.99. The molecule has 7 nitrogen and oxygen atoms in total. The number of benzene rings is 1. The lowest BCUT2D eigenvalue weighted by Gasteiger charge is -2.14. The Balaban J connectivity index is 2.11. The molecule has 0 fully saturated rings. The number of esters is 1. The van der Waals surface area contributed by atoms with Gasteiger partial charge in [-0.25, -0.2) is 4.98 Å². The van der Waals surface area contributed by atoms with Crippen molar-refractivity contribution in [2.24, 2.45) is 5.92 Å². The van der Waals surface area contributed by atoms with Crippen LogP contribution in [0.2, 0.25) is 0 Å². The molecule has 1 aromatic carbocycles. The van der Waals surface area contributed by atoms with E-state index in [2.05, 4.69) is 30.1 Å². The molecule has 2 aromatic rings. The quantitative estimate of drug-likeness (QED) is 0.298. The number of ether oxygens (including phenoxy) is 1. The third-order valence-corrected chi connectivity index (χ3v) is 4.78. The van der Waals surface area contributed by atoms with E-state index >= 15 is 0 Å². The van der Waals surface area contributed by atoms with Gasteiger partial charge in [0, 0.05) is 6.54 Å². The molecule has 8 heteroatoms. The van der Waals surface area contributed by atoms with Crippen LogP contribution in [-0.4, -0.2) is 40.3 Å². The average molecular weight is 401 g/mol. The Hall–Kier alpha value is -2.79. The number of rotatable bonds is 9. The molecule has 0 bridgehead atoms. The number of nitrogens with zero attached hydrogens (tertiary/aromatic N) is 2. The number of aromatic nitrogens is 2. The van der Waals surface area contributed by atoms with Crippen molar-refractivity contribution in [2.75, 3.05) is 18.9 Å². The first-order valence-electron chi connectivity index (χ1n) is 8.90. The predicted octanol–water partition coefficient (Wildman–Crippen LogP) is 1.83. The molecule has 0 aliphatic heterocycles. The number of hydrogen-bond acceptors (Lipinski definition) is 6. The third-order valence-electron chi connectivity index (χ3n) is 3.83. The smallest absolute Gasteiger partial charge is 0.316 e. The standard InChI is InChI=1S/C20H23N3O4S/c1-4-10-21-17(24)12-27-18(25)13-28-20-22-16-8-6-5-7-15(16)19(26)23(20)11-9-14(2)3/h1,5-8,14H,9-13H2,2-3H3,(H,21,24). The second-order valence-corrected chi connectivity index (χ2v) is 7.42. The van der Waals surface area contributed by atoms with Crippen molar-refractivity contribution in [3.8, 4) is 12.3 Å². The largest absolute Gasteiger partial charge is 0.455 e. The number of carbonyl (C=O) groups is 2. The lowest BCUT2D eigenvalue weighted by molar-refractivity contribution is -0.145. The van der Waals surface area contributed by atoms with Crippen molar-refractivity contribution in [3.05, 3.63) is 34.6 Å². The van der Waals surface area contributed by atoms with Crippen LogP contribution in [0, 0.1) is 18.3 Å². The van der Waals surface area contributed by atoms with Crippen molar-refractivity contribution in [1.29, 1.82) is 0 Å². The van der Waals surface area contributed by atoms with E-state index in [9.17, 15) is 14.4 Å². The number of nitrogens with one attached hydrogen (secondary N) is 1. The first-order chi connectivity index (χ1) is 13.4. The van der Waals surface area contributed by atoms with E-state index < -0.39 is 18.5 Å². The summed E-state index contributed by atoms with van der Waals surface area (Å²) in [5.41, 5.74) is 0.452. The van der Waals surface area contributed by atoms with E-state index in [0.717, 1.165) is 18.2 Å². The van der Waals surface area contributed by atoms with Crippen LogP contribution in [0.5, 0.6) is 0 Å². The molecule has 0 saturated heterocycles. The Labute approximate surface area is 167 Å². The summed E-state index contributed by atoms with van der Waals surface area (Å²) in [6, 6.07) is 7.12. The molecule has 1 N–H and O–H groups in total. The van der Waals surface area contributed by atoms with E-state index in [0.29, 0.717) is 28.5 Å². The second-order valence-electron chi connectivity index (χ2n) is 6.48. The highest BCUT2D eigenvalue weighted by atomic mass is 32.2. The van der Waals surface area contributed by atoms with Gasteiger partial charge in [-0.15, -0.1) is 6.42 Å². The summed E-state index contributed by atoms with van der Waals surface area (Å²) in [6.45, 7) is 4.35. The number of para-hydroxylation sites is 1. The zero-order chi connectivity index (χ0) is 20.5. The molecule has 28 heavy (non-hydrogen) atoms. The first kappa shape index (κ1) is 21.5. The normalized spacial score (nSPS) is 10.6. The Bertz CT molecular complexity index is 947. The Morgan fingerprint density at radius 2 is 2.11 bits per heavy atom. The minimum Gasteiger partial charge on any atom is -0.455 e. The van der Waals surface area contributed by atoms with E-state index in [1.807, 2.05) is 6.07 Å². The number of terminal acetylenes is 1. The van der Waals surface area contributed by atoms with Gasteiger partial charge in [-0.05, 0) is 24.5 Å². The van der Waals surface area contributed by atoms with E-state index in [-0.39, 0.29) is 17.9 Å². The molecular weight excluding hydrogens is 378 g/mol. The van der Waals surface area contributed by atoms with Gasteiger partial charge in [0.25, 0.3) is 11.5 Å². The fraction of sp³-hybridized carbons (Fsp3) is 0.400. The summed E-state index contributed by atoms with van der Waals surface area (Å²) < 4.78 is 6.52. The summed E-state index contributed by atoms with van der Waals surface area (Å²) in [6.07, 6.45) is 5.86. The van der Waals surface area contributed by atoms with E-state index in [1.165, 1.54) is 0 Å². The van der Waals surface area contributed by atoms with Gasteiger partial charge in [-0.2, -0.15) is 0 Å². The van der Waals surface area contributed by atoms with Crippen molar-refractivity contribution in [3.63, 3.8) is 0 Å². The van der Waals surface area contributed by atoms with Crippen molar-refractivity contribution < 1.29 is 14.3 Å². The van der Waals surface area contributed by atoms with Crippen molar-refractivity contribution in [2.45, 2.75) is 32.0 Å². The summed E-state index contributed by atoms with van der Waals surface area (Å²) >= 11 is 1.12. The fourth-order valence-electron chi connectivity index (χ4n) is 2.35. The van der Waals surface area contributed by atoms with Gasteiger partial charge in [0.1, 0.15) is 0 Å². The summed E-state index contributed by atoms with van der Waals surface area (Å²) in [5.74, 6) is 1.59. The van der Waals surface area contributed by atoms with Crippen LogP contribution in [0.1, 0.15) is 20.3 Å². The molecule has 0 spiro atoms. The molecule has 0 aliphatic carbocycles. The van der Waals surface area contributed by atoms with Crippen LogP contribution in [0.4, 0.5) is 0 Å². The van der Waals surface area contributed by atoms with Gasteiger partial charge in [-0.3, -0.25) is 19.0 Å². The van der Waals surface area contributed by atoms with Crippen molar-refractivity contribution in [1.82, 2.24) is 14.9 Å². The molecule has 0 radical (unpaired) electrons. The van der Waals surface area contributed by atoms with Gasteiger partial charge in [0.05, 0.1) is 23.2 Å². The molecule has 148 valence electrons. The number of hydrogen-bond donors (Lipinski definition) is 1. The maximum Gasteiger partial charge on any atom is 0.316 e. The molecule has 1 amide bonds. The second kappa shape index (κ2) is 10.5. The zero-order valence-corrected chi connectivity index (χ0v) is 16.8. The van der Waals surface area contributed by atoms with Gasteiger partial charge in [-0.1, -0.05) is 43.7 Å². The van der Waals surface area contributed by atoms with Crippen LogP contribution in [0.15, 0.2) is 34.2 Å². The molecule has 0 atom stereocenters. The Morgan fingerprint density at radius 1 is 1.36 bits per heavy atom. The fourth-order valence-corrected chi connectivity index (χ4v) is 3.18. The highest BCUT2D eigenvalue weighted by Crippen LogP contribution is 2.19. The lowest BCUT2D eigenvalue weighted by Crippen LogP contribution is -2.29. The predicted molar refractivity (Wildman–Crippen MR) is 109 cm³/mol. The molecule has 1 aromatic heterocycles. The Kier molecular flexibility index (Phi) is 8.08. The van der Waals surface area contributed by atoms with Gasteiger partial charge >= 0.3 is 5.97 Å². The minimum absolute atomic E-state index is 0.0606. The monoisotopic (exact) mass is 401 g/mol. The topological polar surface area (TPSA) is 90.3 Å². The van der Waals surface area contributed by atoms with Crippen LogP contribution in [-0.2, 0) is 20.9 Å². The maximum absolute atomic E-state index is 12.8. The summed E-state index contributed by atoms with van der Waals surface area (Å²) in [5, 5.41) is 3.41. The minimum atomic E-state index is -0.571. The number of amides is 1. The highest BCUT2D eigenvalue weighted by Gasteiger charge is 2.14. The van der Waals surface area contributed by atoms with Gasteiger partial charge < -0.3 is 10.1 Å². The molecule has 0 saturated carbocycles. The van der Waals surface area contributed by atoms with Crippen LogP contribution >= 0.6 is 11.8 Å². The average Bonchev–Trinajstić information content (AvgIpc) is 2.68. The third kappa shape index (κ3) is 6.13. The van der Waals surface area contributed by atoms with Gasteiger partial charge in [0.2, 0.25) is 0 Å². The van der Waals surface area contributed by atoms with E-state index in [4.69, 9.17) is 11.2 Å². The van der Waals surface area contributed by atoms with Crippen LogP contribution in [0.3, 0.4) is 0 Å². The molecule has 0 aliphatic rings. The van der Waals surface area contributed by atoms with Crippen LogP contribution < -0.4 is 10.9 Å². The molecule has 0 unspecified atom stereocenters. The maximum atomic E-state index is 12.8. The first-order valence-corrected chi connectivity index (χ1v) is 9.89. The molecule has 1 heterocycles. The van der Waals surface area contributed by atoms with E-state index in [1.54, 1.807) is 22.8 Å². The number of carbonyl (C=O) groups excluding carboxylic acids is 2. The lowest BCUT2D eigenvalue weighted by atomic mass is 10.1. The van der Waals surface area contributed by atoms with Gasteiger partial charge in [0.15, 0.2) is 11.8 Å². The summed E-state index contributed by atoms with van der Waals surface area (Å²) in [7, 11) is 0.